The third-order valence-electron chi connectivity index (χ3n) is 5.98. The molecule has 3 aromatic rings. The van der Waals surface area contributed by atoms with Gasteiger partial charge in [-0.1, -0.05) is 36.4 Å². The molecule has 0 saturated heterocycles. The molecule has 2 amide bonds. The van der Waals surface area contributed by atoms with Crippen molar-refractivity contribution in [2.45, 2.75) is 13.0 Å². The number of nitrogens with one attached hydrogen (secondary N) is 1. The molecular formula is C24H28N4O2. The molecule has 0 spiro atoms. The fraction of sp³-hybridized carbons (Fsp3) is 0.333. The van der Waals surface area contributed by atoms with Crippen LogP contribution < -0.4 is 5.32 Å². The lowest BCUT2D eigenvalue weighted by molar-refractivity contribution is -0.122. The SMILES string of the molecule is Cc1c([C@H]2c3ccccc3C(=O)N2CC(=O)NCCN(C)C)c2ccccc2n1C. The van der Waals surface area contributed by atoms with Crippen molar-refractivity contribution in [3.63, 3.8) is 0 Å². The number of aromatic nitrogens is 1. The van der Waals surface area contributed by atoms with E-state index in [1.807, 2.05) is 62.4 Å². The molecule has 6 heteroatoms. The quantitative estimate of drug-likeness (QED) is 0.687. The molecule has 0 saturated carbocycles. The molecule has 30 heavy (non-hydrogen) atoms. The summed E-state index contributed by atoms with van der Waals surface area (Å²) in [6, 6.07) is 15.6. The molecule has 1 aromatic heterocycles. The van der Waals surface area contributed by atoms with Crippen molar-refractivity contribution in [2.24, 2.45) is 7.05 Å². The lowest BCUT2D eigenvalue weighted by Gasteiger charge is -2.26. The van der Waals surface area contributed by atoms with Crippen LogP contribution in [0.1, 0.15) is 33.2 Å². The molecule has 0 aliphatic carbocycles. The van der Waals surface area contributed by atoms with Gasteiger partial charge < -0.3 is 19.7 Å². The number of hydrogen-bond donors (Lipinski definition) is 1. The molecule has 2 aromatic carbocycles. The molecule has 2 heterocycles. The van der Waals surface area contributed by atoms with Crippen molar-refractivity contribution < 1.29 is 9.59 Å². The van der Waals surface area contributed by atoms with E-state index in [1.165, 1.54) is 0 Å². The van der Waals surface area contributed by atoms with Gasteiger partial charge in [0, 0.05) is 47.9 Å². The monoisotopic (exact) mass is 404 g/mol. The largest absolute Gasteiger partial charge is 0.353 e. The van der Waals surface area contributed by atoms with Crippen LogP contribution in [0.3, 0.4) is 0 Å². The van der Waals surface area contributed by atoms with E-state index in [9.17, 15) is 9.59 Å². The first-order valence-corrected chi connectivity index (χ1v) is 10.3. The van der Waals surface area contributed by atoms with Gasteiger partial charge in [0.1, 0.15) is 6.54 Å². The van der Waals surface area contributed by atoms with E-state index in [4.69, 9.17) is 0 Å². The maximum absolute atomic E-state index is 13.3. The fourth-order valence-corrected chi connectivity index (χ4v) is 4.37. The van der Waals surface area contributed by atoms with E-state index in [0.29, 0.717) is 12.1 Å². The number of rotatable bonds is 6. The van der Waals surface area contributed by atoms with Crippen LogP contribution in [0.25, 0.3) is 10.9 Å². The van der Waals surface area contributed by atoms with Crippen molar-refractivity contribution >= 4 is 22.7 Å². The Bertz CT molecular complexity index is 1120. The van der Waals surface area contributed by atoms with E-state index in [0.717, 1.165) is 34.3 Å². The van der Waals surface area contributed by atoms with Crippen molar-refractivity contribution in [3.05, 3.63) is 70.9 Å². The standard InChI is InChI=1S/C24H28N4O2/c1-16-22(19-11-7-8-12-20(19)27(16)4)23-17-9-5-6-10-18(17)24(30)28(23)15-21(29)25-13-14-26(2)3/h5-12,23H,13-15H2,1-4H3,(H,25,29)/t23-/m1/s1. The van der Waals surface area contributed by atoms with Crippen LogP contribution in [-0.2, 0) is 11.8 Å². The van der Waals surface area contributed by atoms with Gasteiger partial charge in [0.15, 0.2) is 0 Å². The third-order valence-corrected chi connectivity index (χ3v) is 5.98. The molecule has 0 radical (unpaired) electrons. The van der Waals surface area contributed by atoms with Gasteiger partial charge in [0.2, 0.25) is 5.91 Å². The van der Waals surface area contributed by atoms with E-state index in [-0.39, 0.29) is 24.4 Å². The fourth-order valence-electron chi connectivity index (χ4n) is 4.37. The first-order valence-electron chi connectivity index (χ1n) is 10.3. The number of aryl methyl sites for hydroxylation is 1. The molecule has 156 valence electrons. The first-order chi connectivity index (χ1) is 14.4. The normalized spacial score (nSPS) is 15.8. The maximum atomic E-state index is 13.3. The smallest absolute Gasteiger partial charge is 0.255 e. The summed E-state index contributed by atoms with van der Waals surface area (Å²) in [5.74, 6) is -0.230. The van der Waals surface area contributed by atoms with Crippen LogP contribution in [0.5, 0.6) is 0 Å². The Labute approximate surface area is 177 Å². The van der Waals surface area contributed by atoms with Gasteiger partial charge in [-0.05, 0) is 38.7 Å². The number of benzene rings is 2. The predicted octanol–water partition coefficient (Wildman–Crippen LogP) is 2.71. The van der Waals surface area contributed by atoms with Crippen molar-refractivity contribution in [3.8, 4) is 0 Å². The molecule has 1 aliphatic rings. The van der Waals surface area contributed by atoms with Crippen molar-refractivity contribution in [1.29, 1.82) is 0 Å². The van der Waals surface area contributed by atoms with Gasteiger partial charge in [0.05, 0.1) is 6.04 Å². The first kappa shape index (κ1) is 20.2. The zero-order chi connectivity index (χ0) is 21.4. The van der Waals surface area contributed by atoms with Gasteiger partial charge >= 0.3 is 0 Å². The molecule has 0 fully saturated rings. The number of carbonyl (C=O) groups excluding carboxylic acids is 2. The number of fused-ring (bicyclic) bond motifs is 2. The van der Waals surface area contributed by atoms with E-state index in [1.54, 1.807) is 4.90 Å². The summed E-state index contributed by atoms with van der Waals surface area (Å²) >= 11 is 0. The number of likely N-dealkylation sites (N-methyl/N-ethyl adjacent to an activating group) is 1. The number of para-hydroxylation sites is 1. The minimum Gasteiger partial charge on any atom is -0.353 e. The lowest BCUT2D eigenvalue weighted by atomic mass is 9.95. The summed E-state index contributed by atoms with van der Waals surface area (Å²) in [5.41, 5.74) is 4.95. The summed E-state index contributed by atoms with van der Waals surface area (Å²) in [6.07, 6.45) is 0. The van der Waals surface area contributed by atoms with Crippen molar-refractivity contribution in [2.75, 3.05) is 33.7 Å². The minimum atomic E-state index is -0.278. The Balaban J connectivity index is 1.75. The molecule has 1 aliphatic heterocycles. The average molecular weight is 405 g/mol. The second-order valence-corrected chi connectivity index (χ2v) is 8.15. The number of carbonyl (C=O) groups is 2. The third kappa shape index (κ3) is 3.37. The highest BCUT2D eigenvalue weighted by molar-refractivity contribution is 6.02. The number of amides is 2. The minimum absolute atomic E-state index is 0.0360. The Morgan fingerprint density at radius 2 is 1.80 bits per heavy atom. The summed E-state index contributed by atoms with van der Waals surface area (Å²) in [6.45, 7) is 3.43. The second kappa shape index (κ2) is 7.95. The Morgan fingerprint density at radius 3 is 2.57 bits per heavy atom. The maximum Gasteiger partial charge on any atom is 0.255 e. The zero-order valence-corrected chi connectivity index (χ0v) is 18.0. The highest BCUT2D eigenvalue weighted by Gasteiger charge is 2.40. The van der Waals surface area contributed by atoms with Crippen molar-refractivity contribution in [1.82, 2.24) is 19.7 Å². The van der Waals surface area contributed by atoms with Crippen LogP contribution in [0.4, 0.5) is 0 Å². The Morgan fingerprint density at radius 1 is 1.10 bits per heavy atom. The Kier molecular flexibility index (Phi) is 5.35. The van der Waals surface area contributed by atoms with Gasteiger partial charge in [0.25, 0.3) is 5.91 Å². The van der Waals surface area contributed by atoms with E-state index < -0.39 is 0 Å². The summed E-state index contributed by atoms with van der Waals surface area (Å²) in [5, 5.41) is 4.05. The highest BCUT2D eigenvalue weighted by Crippen LogP contribution is 2.43. The van der Waals surface area contributed by atoms with Crippen LogP contribution >= 0.6 is 0 Å². The van der Waals surface area contributed by atoms with Gasteiger partial charge in [-0.2, -0.15) is 0 Å². The number of nitrogens with zero attached hydrogens (tertiary/aromatic N) is 3. The molecular weight excluding hydrogens is 376 g/mol. The molecule has 0 unspecified atom stereocenters. The zero-order valence-electron chi connectivity index (χ0n) is 18.0. The second-order valence-electron chi connectivity index (χ2n) is 8.15. The molecule has 4 rings (SSSR count). The Hall–Kier alpha value is -3.12. The topological polar surface area (TPSA) is 57.6 Å². The van der Waals surface area contributed by atoms with Gasteiger partial charge in [-0.3, -0.25) is 9.59 Å². The summed E-state index contributed by atoms with van der Waals surface area (Å²) in [7, 11) is 5.97. The molecule has 6 nitrogen and oxygen atoms in total. The highest BCUT2D eigenvalue weighted by atomic mass is 16.2. The van der Waals surface area contributed by atoms with Gasteiger partial charge in [-0.25, -0.2) is 0 Å². The van der Waals surface area contributed by atoms with Crippen LogP contribution in [0.15, 0.2) is 48.5 Å². The average Bonchev–Trinajstić information content (AvgIpc) is 3.13. The number of hydrogen-bond acceptors (Lipinski definition) is 3. The molecule has 0 bridgehead atoms. The molecule has 1 atom stereocenters. The van der Waals surface area contributed by atoms with Crippen LogP contribution in [-0.4, -0.2) is 59.9 Å². The molecule has 1 N–H and O–H groups in total. The van der Waals surface area contributed by atoms with Gasteiger partial charge in [-0.15, -0.1) is 0 Å². The van der Waals surface area contributed by atoms with E-state index >= 15 is 0 Å². The summed E-state index contributed by atoms with van der Waals surface area (Å²) in [4.78, 5) is 29.7. The van der Waals surface area contributed by atoms with Crippen LogP contribution in [0.2, 0.25) is 0 Å². The lowest BCUT2D eigenvalue weighted by Crippen LogP contribution is -2.41. The van der Waals surface area contributed by atoms with E-state index in [2.05, 4.69) is 28.9 Å². The van der Waals surface area contributed by atoms with Crippen LogP contribution in [0, 0.1) is 6.92 Å². The predicted molar refractivity (Wildman–Crippen MR) is 119 cm³/mol. The summed E-state index contributed by atoms with van der Waals surface area (Å²) < 4.78 is 2.16.